The molecule has 0 aliphatic heterocycles. The Morgan fingerprint density at radius 2 is 1.86 bits per heavy atom. The fraction of sp³-hybridized carbons (Fsp3) is 0.286. The Labute approximate surface area is 124 Å². The van der Waals surface area contributed by atoms with Gasteiger partial charge in [0.05, 0.1) is 17.6 Å². The zero-order valence-corrected chi connectivity index (χ0v) is 12.1. The Morgan fingerprint density at radius 3 is 2.55 bits per heavy atom. The van der Waals surface area contributed by atoms with Crippen molar-refractivity contribution in [3.8, 4) is 0 Å². The molecule has 2 aromatic heterocycles. The number of esters is 1. The van der Waals surface area contributed by atoms with Crippen molar-refractivity contribution in [1.82, 2.24) is 18.7 Å². The molecule has 3 aromatic rings. The minimum absolute atomic E-state index is 0.197. The summed E-state index contributed by atoms with van der Waals surface area (Å²) in [6.07, 6.45) is 0. The lowest BCUT2D eigenvalue weighted by Gasteiger charge is -2.04. The normalized spacial score (nSPS) is 11.2. The van der Waals surface area contributed by atoms with Crippen molar-refractivity contribution < 1.29 is 9.53 Å². The molecule has 0 radical (unpaired) electrons. The molecule has 0 aliphatic rings. The van der Waals surface area contributed by atoms with Gasteiger partial charge in [0.1, 0.15) is 6.54 Å². The van der Waals surface area contributed by atoms with Gasteiger partial charge in [-0.3, -0.25) is 14.4 Å². The SMILES string of the molecule is CCOC(=O)Cn1nc2n(C)c3ccccc3n2c(=O)c1=O. The van der Waals surface area contributed by atoms with Gasteiger partial charge in [-0.25, -0.2) is 9.08 Å². The summed E-state index contributed by atoms with van der Waals surface area (Å²) in [5.74, 6) is -0.324. The summed E-state index contributed by atoms with van der Waals surface area (Å²) in [5, 5.41) is 4.12. The summed E-state index contributed by atoms with van der Waals surface area (Å²) in [6.45, 7) is 1.47. The van der Waals surface area contributed by atoms with Crippen LogP contribution in [0.3, 0.4) is 0 Å². The van der Waals surface area contributed by atoms with Crippen molar-refractivity contribution >= 4 is 22.8 Å². The number of hydrogen-bond donors (Lipinski definition) is 0. The molecule has 3 rings (SSSR count). The van der Waals surface area contributed by atoms with Crippen molar-refractivity contribution in [2.24, 2.45) is 7.05 Å². The van der Waals surface area contributed by atoms with Gasteiger partial charge in [0.15, 0.2) is 0 Å². The van der Waals surface area contributed by atoms with Crippen LogP contribution < -0.4 is 11.1 Å². The molecule has 8 nitrogen and oxygen atoms in total. The number of carbonyl (C=O) groups excluding carboxylic acids is 1. The number of fused-ring (bicyclic) bond motifs is 3. The molecule has 0 amide bonds. The second kappa shape index (κ2) is 5.14. The van der Waals surface area contributed by atoms with E-state index in [1.165, 1.54) is 4.40 Å². The number of rotatable bonds is 3. The van der Waals surface area contributed by atoms with E-state index >= 15 is 0 Å². The van der Waals surface area contributed by atoms with Crippen LogP contribution in [0.15, 0.2) is 33.9 Å². The topological polar surface area (TPSA) is 87.6 Å². The van der Waals surface area contributed by atoms with Crippen molar-refractivity contribution in [1.29, 1.82) is 0 Å². The minimum atomic E-state index is -0.859. The summed E-state index contributed by atoms with van der Waals surface area (Å²) in [6, 6.07) is 7.17. The number of hydrogen-bond acceptors (Lipinski definition) is 5. The molecular weight excluding hydrogens is 288 g/mol. The van der Waals surface area contributed by atoms with E-state index < -0.39 is 17.1 Å². The zero-order valence-electron chi connectivity index (χ0n) is 12.1. The molecule has 0 spiro atoms. The van der Waals surface area contributed by atoms with Crippen LogP contribution in [-0.4, -0.2) is 31.3 Å². The van der Waals surface area contributed by atoms with Crippen LogP contribution in [0.25, 0.3) is 16.8 Å². The van der Waals surface area contributed by atoms with Crippen LogP contribution in [0.2, 0.25) is 0 Å². The lowest BCUT2D eigenvalue weighted by molar-refractivity contribution is -0.144. The Kier molecular flexibility index (Phi) is 3.28. The molecule has 1 aromatic carbocycles. The Hall–Kier alpha value is -2.90. The third-order valence-electron chi connectivity index (χ3n) is 3.40. The Bertz CT molecular complexity index is 996. The van der Waals surface area contributed by atoms with Gasteiger partial charge in [0.25, 0.3) is 0 Å². The molecule has 114 valence electrons. The molecule has 22 heavy (non-hydrogen) atoms. The van der Waals surface area contributed by atoms with Gasteiger partial charge in [-0.15, -0.1) is 5.10 Å². The molecular formula is C14H14N4O4. The highest BCUT2D eigenvalue weighted by atomic mass is 16.5. The molecule has 0 saturated carbocycles. The van der Waals surface area contributed by atoms with Crippen molar-refractivity contribution in [3.05, 3.63) is 45.0 Å². The monoisotopic (exact) mass is 302 g/mol. The molecule has 0 fully saturated rings. The van der Waals surface area contributed by atoms with E-state index in [9.17, 15) is 14.4 Å². The molecule has 2 heterocycles. The van der Waals surface area contributed by atoms with Gasteiger partial charge in [-0.05, 0) is 19.1 Å². The number of nitrogens with zero attached hydrogens (tertiary/aromatic N) is 4. The first-order valence-electron chi connectivity index (χ1n) is 6.77. The van der Waals surface area contributed by atoms with Crippen molar-refractivity contribution in [3.63, 3.8) is 0 Å². The first-order valence-corrected chi connectivity index (χ1v) is 6.77. The van der Waals surface area contributed by atoms with Gasteiger partial charge >= 0.3 is 17.1 Å². The molecule has 0 atom stereocenters. The molecule has 0 N–H and O–H groups in total. The number of carbonyl (C=O) groups is 1. The standard InChI is InChI=1S/C14H14N4O4/c1-3-22-11(19)8-17-12(20)13(21)18-10-7-5-4-6-9(10)16(2)14(18)15-17/h4-7H,3,8H2,1-2H3. The predicted molar refractivity (Wildman–Crippen MR) is 78.8 cm³/mol. The highest BCUT2D eigenvalue weighted by Gasteiger charge is 2.16. The minimum Gasteiger partial charge on any atom is -0.465 e. The van der Waals surface area contributed by atoms with E-state index in [2.05, 4.69) is 5.10 Å². The highest BCUT2D eigenvalue weighted by molar-refractivity contribution is 5.80. The number of imidazole rings is 1. The number of benzene rings is 1. The average Bonchev–Trinajstić information content (AvgIpc) is 2.78. The maximum Gasteiger partial charge on any atom is 0.333 e. The number of aryl methyl sites for hydroxylation is 1. The Morgan fingerprint density at radius 1 is 1.18 bits per heavy atom. The maximum absolute atomic E-state index is 12.3. The lowest BCUT2D eigenvalue weighted by Crippen LogP contribution is -2.41. The first kappa shape index (κ1) is 14.1. The smallest absolute Gasteiger partial charge is 0.333 e. The average molecular weight is 302 g/mol. The number of aromatic nitrogens is 4. The number of para-hydroxylation sites is 2. The van der Waals surface area contributed by atoms with E-state index in [0.29, 0.717) is 5.52 Å². The second-order valence-corrected chi connectivity index (χ2v) is 4.76. The van der Waals surface area contributed by atoms with Crippen molar-refractivity contribution in [2.45, 2.75) is 13.5 Å². The molecule has 0 unspecified atom stereocenters. The van der Waals surface area contributed by atoms with Crippen LogP contribution in [0, 0.1) is 0 Å². The molecule has 0 aliphatic carbocycles. The highest BCUT2D eigenvalue weighted by Crippen LogP contribution is 2.15. The zero-order chi connectivity index (χ0) is 15.9. The number of ether oxygens (including phenoxy) is 1. The van der Waals surface area contributed by atoms with Gasteiger partial charge < -0.3 is 9.30 Å². The molecule has 0 bridgehead atoms. The summed E-state index contributed by atoms with van der Waals surface area (Å²) in [7, 11) is 1.74. The van der Waals surface area contributed by atoms with E-state index in [-0.39, 0.29) is 18.9 Å². The largest absolute Gasteiger partial charge is 0.465 e. The van der Waals surface area contributed by atoms with Gasteiger partial charge in [0.2, 0.25) is 5.78 Å². The van der Waals surface area contributed by atoms with Gasteiger partial charge in [-0.1, -0.05) is 12.1 Å². The van der Waals surface area contributed by atoms with Crippen LogP contribution >= 0.6 is 0 Å². The van der Waals surface area contributed by atoms with Crippen LogP contribution in [-0.2, 0) is 23.1 Å². The molecule has 8 heteroatoms. The van der Waals surface area contributed by atoms with Crippen molar-refractivity contribution in [2.75, 3.05) is 6.61 Å². The molecule has 0 saturated heterocycles. The van der Waals surface area contributed by atoms with E-state index in [4.69, 9.17) is 4.74 Å². The maximum atomic E-state index is 12.3. The lowest BCUT2D eigenvalue weighted by atomic mass is 10.3. The van der Waals surface area contributed by atoms with E-state index in [1.54, 1.807) is 30.7 Å². The fourth-order valence-electron chi connectivity index (χ4n) is 2.41. The van der Waals surface area contributed by atoms with Crippen LogP contribution in [0.5, 0.6) is 0 Å². The summed E-state index contributed by atoms with van der Waals surface area (Å²) < 4.78 is 8.57. The summed E-state index contributed by atoms with van der Waals surface area (Å²) >= 11 is 0. The summed E-state index contributed by atoms with van der Waals surface area (Å²) in [4.78, 5) is 36.0. The van der Waals surface area contributed by atoms with Crippen LogP contribution in [0.1, 0.15) is 6.92 Å². The van der Waals surface area contributed by atoms with Crippen LogP contribution in [0.4, 0.5) is 0 Å². The van der Waals surface area contributed by atoms with Gasteiger partial charge in [0, 0.05) is 7.05 Å². The third kappa shape index (κ3) is 2.00. The fourth-order valence-corrected chi connectivity index (χ4v) is 2.41. The quantitative estimate of drug-likeness (QED) is 0.498. The van der Waals surface area contributed by atoms with E-state index in [1.807, 2.05) is 12.1 Å². The second-order valence-electron chi connectivity index (χ2n) is 4.76. The first-order chi connectivity index (χ1) is 10.5. The Balaban J connectivity index is 2.31. The predicted octanol–water partition coefficient (Wildman–Crippen LogP) is -0.0890. The van der Waals surface area contributed by atoms with E-state index in [0.717, 1.165) is 10.2 Å². The van der Waals surface area contributed by atoms with Gasteiger partial charge in [-0.2, -0.15) is 0 Å². The summed E-state index contributed by atoms with van der Waals surface area (Å²) in [5.41, 5.74) is -0.244. The third-order valence-corrected chi connectivity index (χ3v) is 3.40.